The van der Waals surface area contributed by atoms with Crippen molar-refractivity contribution in [3.63, 3.8) is 0 Å². The maximum atomic E-state index is 12.6. The number of rotatable bonds is 4. The largest absolute Gasteiger partial charge is 0.433 e. The number of nitrogens with one attached hydrogen (secondary N) is 2. The quantitative estimate of drug-likeness (QED) is 0.772. The lowest BCUT2D eigenvalue weighted by atomic mass is 10.2. The molecule has 1 aromatic carbocycles. The van der Waals surface area contributed by atoms with E-state index >= 15 is 0 Å². The number of hydrogen-bond acceptors (Lipinski definition) is 4. The van der Waals surface area contributed by atoms with Gasteiger partial charge in [-0.2, -0.15) is 13.2 Å². The predicted octanol–water partition coefficient (Wildman–Crippen LogP) is 3.50. The fourth-order valence-corrected chi connectivity index (χ4v) is 1.98. The molecule has 0 bridgehead atoms. The minimum absolute atomic E-state index is 0.0995. The number of anilines is 1. The van der Waals surface area contributed by atoms with Gasteiger partial charge >= 0.3 is 6.18 Å². The van der Waals surface area contributed by atoms with Gasteiger partial charge in [0.25, 0.3) is 0 Å². The van der Waals surface area contributed by atoms with Gasteiger partial charge in [-0.3, -0.25) is 0 Å². The Balaban J connectivity index is 1.69. The molecule has 5 nitrogen and oxygen atoms in total. The number of aromatic amines is 1. The second kappa shape index (κ2) is 6.07. The molecular weight excluding hydrogens is 307 g/mol. The van der Waals surface area contributed by atoms with E-state index in [0.29, 0.717) is 5.82 Å². The van der Waals surface area contributed by atoms with Crippen LogP contribution in [0.2, 0.25) is 0 Å². The molecule has 3 rings (SSSR count). The van der Waals surface area contributed by atoms with Crippen molar-refractivity contribution in [2.24, 2.45) is 0 Å². The topological polar surface area (TPSA) is 66.5 Å². The molecule has 2 aromatic heterocycles. The first-order valence-electron chi connectivity index (χ1n) is 6.76. The van der Waals surface area contributed by atoms with Gasteiger partial charge in [-0.25, -0.2) is 15.0 Å². The predicted molar refractivity (Wildman–Crippen MR) is 78.4 cm³/mol. The molecule has 0 radical (unpaired) electrons. The van der Waals surface area contributed by atoms with Crippen LogP contribution in [0.15, 0.2) is 48.8 Å². The summed E-state index contributed by atoms with van der Waals surface area (Å²) in [6, 6.07) is 10.4. The van der Waals surface area contributed by atoms with Crippen LogP contribution in [-0.2, 0) is 12.7 Å². The summed E-state index contributed by atoms with van der Waals surface area (Å²) in [4.78, 5) is 14.5. The minimum Gasteiger partial charge on any atom is -0.347 e. The van der Waals surface area contributed by atoms with Crippen LogP contribution in [0.4, 0.5) is 19.1 Å². The van der Waals surface area contributed by atoms with Crippen LogP contribution in [0.5, 0.6) is 0 Å². The molecule has 118 valence electrons. The molecule has 3 aromatic rings. The van der Waals surface area contributed by atoms with Crippen LogP contribution in [0.25, 0.3) is 11.3 Å². The third-order valence-corrected chi connectivity index (χ3v) is 3.07. The molecule has 2 N–H and O–H groups in total. The van der Waals surface area contributed by atoms with E-state index in [1.165, 1.54) is 0 Å². The Hall–Kier alpha value is -2.90. The summed E-state index contributed by atoms with van der Waals surface area (Å²) in [5.41, 5.74) is 0.813. The zero-order chi connectivity index (χ0) is 16.3. The van der Waals surface area contributed by atoms with Crippen molar-refractivity contribution < 1.29 is 13.2 Å². The van der Waals surface area contributed by atoms with Gasteiger partial charge in [0.2, 0.25) is 5.95 Å². The molecular formula is C15H12F3N5. The Labute approximate surface area is 129 Å². The monoisotopic (exact) mass is 319 g/mol. The van der Waals surface area contributed by atoms with Crippen LogP contribution in [0.3, 0.4) is 0 Å². The standard InChI is InChI=1S/C15H12F3N5/c16-15(17,18)12-6-7-19-14(23-12)21-9-13-20-8-11(22-13)10-4-2-1-3-5-10/h1-8H,9H2,(H,20,22)(H,19,21,23). The summed E-state index contributed by atoms with van der Waals surface area (Å²) in [6.45, 7) is 0.189. The lowest BCUT2D eigenvalue weighted by molar-refractivity contribution is -0.141. The van der Waals surface area contributed by atoms with Crippen molar-refractivity contribution in [1.29, 1.82) is 0 Å². The van der Waals surface area contributed by atoms with E-state index in [4.69, 9.17) is 0 Å². The highest BCUT2D eigenvalue weighted by Crippen LogP contribution is 2.27. The fourth-order valence-electron chi connectivity index (χ4n) is 1.98. The van der Waals surface area contributed by atoms with Crippen LogP contribution in [0.1, 0.15) is 11.5 Å². The lowest BCUT2D eigenvalue weighted by Gasteiger charge is -2.07. The fraction of sp³-hybridized carbons (Fsp3) is 0.133. The van der Waals surface area contributed by atoms with Crippen molar-refractivity contribution in [2.45, 2.75) is 12.7 Å². The Morgan fingerprint density at radius 3 is 2.57 bits per heavy atom. The summed E-state index contributed by atoms with van der Waals surface area (Å²) in [5.74, 6) is 0.474. The zero-order valence-electron chi connectivity index (χ0n) is 11.8. The van der Waals surface area contributed by atoms with E-state index in [-0.39, 0.29) is 12.5 Å². The molecule has 23 heavy (non-hydrogen) atoms. The van der Waals surface area contributed by atoms with Gasteiger partial charge in [-0.05, 0) is 11.6 Å². The van der Waals surface area contributed by atoms with E-state index in [1.807, 2.05) is 30.3 Å². The Morgan fingerprint density at radius 1 is 1.04 bits per heavy atom. The number of H-pyrrole nitrogens is 1. The molecule has 0 saturated heterocycles. The van der Waals surface area contributed by atoms with Gasteiger partial charge in [0.1, 0.15) is 11.5 Å². The molecule has 0 atom stereocenters. The molecule has 0 amide bonds. The summed E-state index contributed by atoms with van der Waals surface area (Å²) < 4.78 is 37.8. The van der Waals surface area contributed by atoms with Crippen molar-refractivity contribution in [1.82, 2.24) is 19.9 Å². The van der Waals surface area contributed by atoms with Crippen LogP contribution < -0.4 is 5.32 Å². The summed E-state index contributed by atoms with van der Waals surface area (Å²) >= 11 is 0. The maximum absolute atomic E-state index is 12.6. The summed E-state index contributed by atoms with van der Waals surface area (Å²) in [7, 11) is 0. The van der Waals surface area contributed by atoms with Crippen LogP contribution in [0, 0.1) is 0 Å². The third kappa shape index (κ3) is 3.65. The van der Waals surface area contributed by atoms with Gasteiger partial charge in [-0.15, -0.1) is 0 Å². The van der Waals surface area contributed by atoms with Crippen molar-refractivity contribution in [3.05, 3.63) is 60.3 Å². The van der Waals surface area contributed by atoms with Crippen LogP contribution >= 0.6 is 0 Å². The molecule has 0 aliphatic carbocycles. The zero-order valence-corrected chi connectivity index (χ0v) is 11.8. The van der Waals surface area contributed by atoms with Crippen molar-refractivity contribution >= 4 is 5.95 Å². The van der Waals surface area contributed by atoms with E-state index in [2.05, 4.69) is 25.3 Å². The first-order valence-corrected chi connectivity index (χ1v) is 6.76. The van der Waals surface area contributed by atoms with Crippen molar-refractivity contribution in [2.75, 3.05) is 5.32 Å². The van der Waals surface area contributed by atoms with Crippen molar-refractivity contribution in [3.8, 4) is 11.3 Å². The Morgan fingerprint density at radius 2 is 1.83 bits per heavy atom. The molecule has 0 saturated carbocycles. The lowest BCUT2D eigenvalue weighted by Crippen LogP contribution is -2.11. The Kier molecular flexibility index (Phi) is 3.96. The highest BCUT2D eigenvalue weighted by Gasteiger charge is 2.32. The number of halogens is 3. The third-order valence-electron chi connectivity index (χ3n) is 3.07. The molecule has 0 aliphatic rings. The van der Waals surface area contributed by atoms with Gasteiger partial charge < -0.3 is 10.3 Å². The molecule has 0 fully saturated rings. The maximum Gasteiger partial charge on any atom is 0.433 e. The number of imidazole rings is 1. The molecule has 0 aliphatic heterocycles. The minimum atomic E-state index is -4.50. The molecule has 8 heteroatoms. The van der Waals surface area contributed by atoms with E-state index in [9.17, 15) is 13.2 Å². The number of nitrogens with zero attached hydrogens (tertiary/aromatic N) is 3. The van der Waals surface area contributed by atoms with E-state index < -0.39 is 11.9 Å². The summed E-state index contributed by atoms with van der Waals surface area (Å²) in [6.07, 6.45) is -1.76. The molecule has 2 heterocycles. The molecule has 0 spiro atoms. The van der Waals surface area contributed by atoms with E-state index in [0.717, 1.165) is 23.5 Å². The first-order chi connectivity index (χ1) is 11.0. The van der Waals surface area contributed by atoms with Gasteiger partial charge in [0, 0.05) is 6.20 Å². The average molecular weight is 319 g/mol. The smallest absolute Gasteiger partial charge is 0.347 e. The average Bonchev–Trinajstić information content (AvgIpc) is 3.02. The van der Waals surface area contributed by atoms with Gasteiger partial charge in [0.15, 0.2) is 0 Å². The first kappa shape index (κ1) is 15.0. The Bertz CT molecular complexity index is 783. The normalized spacial score (nSPS) is 11.4. The highest BCUT2D eigenvalue weighted by atomic mass is 19.4. The second-order valence-electron chi connectivity index (χ2n) is 4.73. The van der Waals surface area contributed by atoms with E-state index in [1.54, 1.807) is 6.20 Å². The molecule has 0 unspecified atom stereocenters. The van der Waals surface area contributed by atoms with Gasteiger partial charge in [0.05, 0.1) is 18.4 Å². The number of benzene rings is 1. The number of alkyl halides is 3. The second-order valence-corrected chi connectivity index (χ2v) is 4.73. The summed E-state index contributed by atoms with van der Waals surface area (Å²) in [5, 5.41) is 2.72. The van der Waals surface area contributed by atoms with Gasteiger partial charge in [-0.1, -0.05) is 30.3 Å². The SMILES string of the molecule is FC(F)(F)c1ccnc(NCc2ncc(-c3ccccc3)[nH]2)n1. The van der Waals surface area contributed by atoms with Crippen LogP contribution in [-0.4, -0.2) is 19.9 Å². The number of aromatic nitrogens is 4. The highest BCUT2D eigenvalue weighted by molar-refractivity contribution is 5.58. The number of hydrogen-bond donors (Lipinski definition) is 2.